The van der Waals surface area contributed by atoms with Crippen molar-refractivity contribution in [2.24, 2.45) is 0 Å². The van der Waals surface area contributed by atoms with Crippen molar-refractivity contribution < 1.29 is 18.0 Å². The lowest BCUT2D eigenvalue weighted by Gasteiger charge is -2.23. The highest BCUT2D eigenvalue weighted by Crippen LogP contribution is 2.38. The molecule has 2 heterocycles. The molecule has 0 aliphatic carbocycles. The number of anilines is 2. The maximum absolute atomic E-state index is 12.8. The van der Waals surface area contributed by atoms with Crippen LogP contribution in [0.4, 0.5) is 11.4 Å². The minimum absolute atomic E-state index is 0.0766. The second kappa shape index (κ2) is 7.84. The number of carbonyl (C=O) groups is 2. The summed E-state index contributed by atoms with van der Waals surface area (Å²) in [7, 11) is -3.64. The highest BCUT2D eigenvalue weighted by molar-refractivity contribution is 8.01. The summed E-state index contributed by atoms with van der Waals surface area (Å²) in [4.78, 5) is 27.4. The molecule has 4 rings (SSSR count). The molecule has 2 aliphatic heterocycles. The first kappa shape index (κ1) is 20.0. The molecule has 0 bridgehead atoms. The van der Waals surface area contributed by atoms with Crippen molar-refractivity contribution in [1.82, 2.24) is 0 Å². The van der Waals surface area contributed by atoms with Crippen LogP contribution in [-0.2, 0) is 25.8 Å². The number of benzene rings is 2. The molecule has 0 unspecified atom stereocenters. The Balaban J connectivity index is 1.47. The SMILES string of the molecule is CC[C@@H]1Sc2ccc(S(=O)(=O)CCC(=O)N3CCc4ccccc43)cc2NC1=O. The molecule has 2 aromatic carbocycles. The molecule has 8 heteroatoms. The molecule has 1 atom stereocenters. The number of rotatable bonds is 5. The Bertz CT molecular complexity index is 1080. The van der Waals surface area contributed by atoms with Gasteiger partial charge in [0.15, 0.2) is 9.84 Å². The first-order chi connectivity index (χ1) is 13.9. The van der Waals surface area contributed by atoms with E-state index in [2.05, 4.69) is 5.32 Å². The van der Waals surface area contributed by atoms with E-state index >= 15 is 0 Å². The molecule has 29 heavy (non-hydrogen) atoms. The fourth-order valence-corrected chi connectivity index (χ4v) is 5.94. The number of hydrogen-bond acceptors (Lipinski definition) is 5. The Morgan fingerprint density at radius 2 is 2.03 bits per heavy atom. The van der Waals surface area contributed by atoms with Crippen LogP contribution in [0.3, 0.4) is 0 Å². The predicted molar refractivity (Wildman–Crippen MR) is 114 cm³/mol. The summed E-state index contributed by atoms with van der Waals surface area (Å²) in [5, 5.41) is 2.63. The first-order valence-corrected chi connectivity index (χ1v) is 12.1. The van der Waals surface area contributed by atoms with Crippen molar-refractivity contribution in [3.05, 3.63) is 48.0 Å². The molecule has 6 nitrogen and oxygen atoms in total. The monoisotopic (exact) mass is 430 g/mol. The van der Waals surface area contributed by atoms with E-state index in [1.807, 2.05) is 31.2 Å². The topological polar surface area (TPSA) is 83.6 Å². The minimum atomic E-state index is -3.64. The van der Waals surface area contributed by atoms with Crippen molar-refractivity contribution in [2.45, 2.75) is 41.2 Å². The minimum Gasteiger partial charge on any atom is -0.324 e. The number of hydrogen-bond donors (Lipinski definition) is 1. The maximum Gasteiger partial charge on any atom is 0.237 e. The van der Waals surface area contributed by atoms with Gasteiger partial charge in [-0.15, -0.1) is 11.8 Å². The molecular formula is C21H22N2O4S2. The van der Waals surface area contributed by atoms with E-state index in [4.69, 9.17) is 0 Å². The van der Waals surface area contributed by atoms with Gasteiger partial charge in [0.1, 0.15) is 0 Å². The van der Waals surface area contributed by atoms with Gasteiger partial charge in [-0.25, -0.2) is 8.42 Å². The number of amides is 2. The van der Waals surface area contributed by atoms with E-state index in [-0.39, 0.29) is 34.1 Å². The third kappa shape index (κ3) is 3.91. The van der Waals surface area contributed by atoms with Gasteiger partial charge in [-0.3, -0.25) is 9.59 Å². The van der Waals surface area contributed by atoms with E-state index in [1.165, 1.54) is 17.8 Å². The fourth-order valence-electron chi connectivity index (χ4n) is 3.66. The fraction of sp³-hybridized carbons (Fsp3) is 0.333. The third-order valence-corrected chi connectivity index (χ3v) is 8.43. The zero-order valence-electron chi connectivity index (χ0n) is 16.1. The zero-order chi connectivity index (χ0) is 20.6. The summed E-state index contributed by atoms with van der Waals surface area (Å²) in [6.07, 6.45) is 1.42. The smallest absolute Gasteiger partial charge is 0.237 e. The standard InChI is InChI=1S/C21H22N2O4S2/c1-2-18-21(25)22-16-13-15(7-8-19(16)28-18)29(26,27)12-10-20(24)23-11-9-14-5-3-4-6-17(14)23/h3-8,13,18H,2,9-12H2,1H3,(H,22,25)/t18-/m0/s1. The number of nitrogens with one attached hydrogen (secondary N) is 1. The van der Waals surface area contributed by atoms with Crippen molar-refractivity contribution in [3.63, 3.8) is 0 Å². The highest BCUT2D eigenvalue weighted by Gasteiger charge is 2.28. The molecule has 2 aromatic rings. The lowest BCUT2D eigenvalue weighted by atomic mass is 10.2. The van der Waals surface area contributed by atoms with E-state index < -0.39 is 9.84 Å². The number of carbonyl (C=O) groups excluding carboxylic acids is 2. The molecule has 0 saturated heterocycles. The van der Waals surface area contributed by atoms with Crippen LogP contribution < -0.4 is 10.2 Å². The van der Waals surface area contributed by atoms with Gasteiger partial charge in [-0.1, -0.05) is 25.1 Å². The van der Waals surface area contributed by atoms with Crippen LogP contribution in [0.25, 0.3) is 0 Å². The van der Waals surface area contributed by atoms with Crippen LogP contribution in [0.2, 0.25) is 0 Å². The molecule has 0 radical (unpaired) electrons. The van der Waals surface area contributed by atoms with Gasteiger partial charge in [0.25, 0.3) is 0 Å². The Labute approximate surface area is 174 Å². The number of nitrogens with zero attached hydrogens (tertiary/aromatic N) is 1. The van der Waals surface area contributed by atoms with Crippen molar-refractivity contribution in [3.8, 4) is 0 Å². The maximum atomic E-state index is 12.8. The molecule has 1 N–H and O–H groups in total. The summed E-state index contributed by atoms with van der Waals surface area (Å²) < 4.78 is 25.6. The van der Waals surface area contributed by atoms with Crippen molar-refractivity contribution >= 4 is 44.8 Å². The van der Waals surface area contributed by atoms with E-state index in [0.29, 0.717) is 18.7 Å². The summed E-state index contributed by atoms with van der Waals surface area (Å²) in [6.45, 7) is 2.52. The lowest BCUT2D eigenvalue weighted by Crippen LogP contribution is -2.30. The van der Waals surface area contributed by atoms with E-state index in [1.54, 1.807) is 17.0 Å². The Morgan fingerprint density at radius 3 is 2.83 bits per heavy atom. The first-order valence-electron chi connectivity index (χ1n) is 9.61. The summed E-state index contributed by atoms with van der Waals surface area (Å²) in [6, 6.07) is 12.5. The molecule has 0 spiro atoms. The van der Waals surface area contributed by atoms with Gasteiger partial charge in [-0.05, 0) is 42.7 Å². The Kier molecular flexibility index (Phi) is 5.40. The Hall–Kier alpha value is -2.32. The molecule has 0 aromatic heterocycles. The largest absolute Gasteiger partial charge is 0.324 e. The average molecular weight is 431 g/mol. The van der Waals surface area contributed by atoms with Gasteiger partial charge >= 0.3 is 0 Å². The van der Waals surface area contributed by atoms with Crippen molar-refractivity contribution in [2.75, 3.05) is 22.5 Å². The zero-order valence-corrected chi connectivity index (χ0v) is 17.7. The van der Waals surface area contributed by atoms with Crippen LogP contribution in [0, 0.1) is 0 Å². The second-order valence-electron chi connectivity index (χ2n) is 7.15. The molecular weight excluding hydrogens is 408 g/mol. The number of para-hydroxylation sites is 1. The Morgan fingerprint density at radius 1 is 1.24 bits per heavy atom. The summed E-state index contributed by atoms with van der Waals surface area (Å²) in [5.41, 5.74) is 2.50. The molecule has 2 aliphatic rings. The quantitative estimate of drug-likeness (QED) is 0.787. The summed E-state index contributed by atoms with van der Waals surface area (Å²) >= 11 is 1.45. The van der Waals surface area contributed by atoms with Crippen LogP contribution in [0.15, 0.2) is 52.3 Å². The number of sulfone groups is 1. The summed E-state index contributed by atoms with van der Waals surface area (Å²) in [5.74, 6) is -0.560. The van der Waals surface area contributed by atoms with Gasteiger partial charge in [0, 0.05) is 23.5 Å². The molecule has 2 amide bonds. The van der Waals surface area contributed by atoms with Crippen LogP contribution in [-0.4, -0.2) is 37.8 Å². The van der Waals surface area contributed by atoms with Gasteiger partial charge < -0.3 is 10.2 Å². The third-order valence-electron chi connectivity index (χ3n) is 5.27. The lowest BCUT2D eigenvalue weighted by molar-refractivity contribution is -0.118. The van der Waals surface area contributed by atoms with Gasteiger partial charge in [0.05, 0.1) is 21.6 Å². The highest BCUT2D eigenvalue weighted by atomic mass is 32.2. The van der Waals surface area contributed by atoms with Crippen LogP contribution in [0.5, 0.6) is 0 Å². The van der Waals surface area contributed by atoms with Gasteiger partial charge in [0.2, 0.25) is 11.8 Å². The van der Waals surface area contributed by atoms with Gasteiger partial charge in [-0.2, -0.15) is 0 Å². The van der Waals surface area contributed by atoms with E-state index in [0.717, 1.165) is 22.6 Å². The normalized spacial score (nSPS) is 18.2. The van der Waals surface area contributed by atoms with Crippen molar-refractivity contribution in [1.29, 1.82) is 0 Å². The second-order valence-corrected chi connectivity index (χ2v) is 10.5. The number of fused-ring (bicyclic) bond motifs is 2. The van der Waals surface area contributed by atoms with E-state index in [9.17, 15) is 18.0 Å². The average Bonchev–Trinajstić information content (AvgIpc) is 3.15. The molecule has 0 saturated carbocycles. The molecule has 0 fully saturated rings. The predicted octanol–water partition coefficient (Wildman–Crippen LogP) is 3.26. The van der Waals surface area contributed by atoms with Crippen LogP contribution >= 0.6 is 11.8 Å². The van der Waals surface area contributed by atoms with Crippen LogP contribution in [0.1, 0.15) is 25.3 Å². The number of thioether (sulfide) groups is 1. The molecule has 152 valence electrons.